The van der Waals surface area contributed by atoms with E-state index in [1.165, 1.54) is 6.07 Å². The number of nitrogens with zero attached hydrogens (tertiary/aromatic N) is 1. The molecule has 0 unspecified atom stereocenters. The van der Waals surface area contributed by atoms with Crippen LogP contribution in [0, 0.1) is 5.82 Å². The van der Waals surface area contributed by atoms with Crippen LogP contribution in [-0.4, -0.2) is 4.98 Å². The highest BCUT2D eigenvalue weighted by molar-refractivity contribution is 9.10. The summed E-state index contributed by atoms with van der Waals surface area (Å²) in [5.74, 6) is -0.348. The molecular formula is C15H11BrFN3. The fourth-order valence-electron chi connectivity index (χ4n) is 2.04. The molecule has 0 aliphatic heterocycles. The summed E-state index contributed by atoms with van der Waals surface area (Å²) in [6, 6.07) is 12.4. The van der Waals surface area contributed by atoms with Gasteiger partial charge in [0, 0.05) is 9.86 Å². The van der Waals surface area contributed by atoms with Crippen molar-refractivity contribution in [3.05, 3.63) is 59.0 Å². The van der Waals surface area contributed by atoms with E-state index in [0.717, 1.165) is 10.9 Å². The van der Waals surface area contributed by atoms with E-state index >= 15 is 0 Å². The van der Waals surface area contributed by atoms with Crippen LogP contribution in [0.3, 0.4) is 0 Å². The van der Waals surface area contributed by atoms with Crippen LogP contribution >= 0.6 is 15.9 Å². The van der Waals surface area contributed by atoms with Gasteiger partial charge in [-0.05, 0) is 34.1 Å². The smallest absolute Gasteiger partial charge is 0.147 e. The van der Waals surface area contributed by atoms with Crippen molar-refractivity contribution >= 4 is 43.9 Å². The molecule has 3 nitrogen and oxygen atoms in total. The van der Waals surface area contributed by atoms with E-state index in [-0.39, 0.29) is 5.82 Å². The number of hydrogen-bond acceptors (Lipinski definition) is 3. The first kappa shape index (κ1) is 12.9. The van der Waals surface area contributed by atoms with Crippen molar-refractivity contribution in [2.75, 3.05) is 11.1 Å². The summed E-state index contributed by atoms with van der Waals surface area (Å²) in [7, 11) is 0. The van der Waals surface area contributed by atoms with Gasteiger partial charge in [0.2, 0.25) is 0 Å². The molecule has 0 saturated heterocycles. The fraction of sp³-hybridized carbons (Fsp3) is 0. The molecule has 5 heteroatoms. The van der Waals surface area contributed by atoms with E-state index in [4.69, 9.17) is 5.73 Å². The van der Waals surface area contributed by atoms with Gasteiger partial charge in [0.25, 0.3) is 0 Å². The van der Waals surface area contributed by atoms with Crippen molar-refractivity contribution in [2.24, 2.45) is 0 Å². The van der Waals surface area contributed by atoms with Crippen LogP contribution in [0.25, 0.3) is 10.9 Å². The van der Waals surface area contributed by atoms with Gasteiger partial charge < -0.3 is 11.1 Å². The predicted molar refractivity (Wildman–Crippen MR) is 83.5 cm³/mol. The van der Waals surface area contributed by atoms with Crippen molar-refractivity contribution in [1.82, 2.24) is 4.98 Å². The zero-order valence-electron chi connectivity index (χ0n) is 10.4. The Hall–Kier alpha value is -2.14. The maximum absolute atomic E-state index is 13.9. The molecule has 1 aromatic heterocycles. The highest BCUT2D eigenvalue weighted by atomic mass is 79.9. The molecule has 3 aromatic rings. The van der Waals surface area contributed by atoms with Gasteiger partial charge in [-0.25, -0.2) is 4.39 Å². The highest BCUT2D eigenvalue weighted by Gasteiger charge is 2.11. The van der Waals surface area contributed by atoms with Gasteiger partial charge in [0.05, 0.1) is 28.8 Å². The number of pyridine rings is 1. The average molecular weight is 332 g/mol. The third kappa shape index (κ3) is 2.20. The fourth-order valence-corrected chi connectivity index (χ4v) is 2.48. The second-order valence-electron chi connectivity index (χ2n) is 4.33. The third-order valence-electron chi connectivity index (χ3n) is 3.02. The van der Waals surface area contributed by atoms with Gasteiger partial charge in [0.15, 0.2) is 0 Å². The number of halogens is 2. The number of fused-ring (bicyclic) bond motifs is 1. The molecule has 0 radical (unpaired) electrons. The van der Waals surface area contributed by atoms with Crippen molar-refractivity contribution < 1.29 is 4.39 Å². The zero-order valence-corrected chi connectivity index (χ0v) is 12.0. The minimum Gasteiger partial charge on any atom is -0.396 e. The van der Waals surface area contributed by atoms with E-state index in [9.17, 15) is 4.39 Å². The van der Waals surface area contributed by atoms with Crippen molar-refractivity contribution in [3.63, 3.8) is 0 Å². The van der Waals surface area contributed by atoms with Gasteiger partial charge in [-0.2, -0.15) is 0 Å². The van der Waals surface area contributed by atoms with Gasteiger partial charge >= 0.3 is 0 Å². The van der Waals surface area contributed by atoms with Crippen LogP contribution in [-0.2, 0) is 0 Å². The number of anilines is 3. The Morgan fingerprint density at radius 1 is 1.05 bits per heavy atom. The van der Waals surface area contributed by atoms with E-state index in [2.05, 4.69) is 26.2 Å². The number of nitrogen functional groups attached to an aromatic ring is 1. The molecule has 3 N–H and O–H groups in total. The molecule has 0 amide bonds. The van der Waals surface area contributed by atoms with Crippen molar-refractivity contribution in [3.8, 4) is 0 Å². The molecule has 3 rings (SSSR count). The summed E-state index contributed by atoms with van der Waals surface area (Å²) in [5.41, 5.74) is 8.26. The van der Waals surface area contributed by atoms with Gasteiger partial charge in [-0.15, -0.1) is 0 Å². The Kier molecular flexibility index (Phi) is 3.28. The molecule has 0 spiro atoms. The number of nitrogens with two attached hydrogens (primary N) is 1. The van der Waals surface area contributed by atoms with E-state index in [1.54, 1.807) is 18.3 Å². The number of benzene rings is 2. The zero-order chi connectivity index (χ0) is 14.1. The first-order valence-corrected chi connectivity index (χ1v) is 6.80. The maximum Gasteiger partial charge on any atom is 0.147 e. The number of para-hydroxylation sites is 2. The lowest BCUT2D eigenvalue weighted by Crippen LogP contribution is -2.01. The van der Waals surface area contributed by atoms with Gasteiger partial charge in [-0.1, -0.05) is 24.3 Å². The largest absolute Gasteiger partial charge is 0.396 e. The second kappa shape index (κ2) is 5.09. The Bertz CT molecular complexity index is 769. The highest BCUT2D eigenvalue weighted by Crippen LogP contribution is 2.34. The minimum absolute atomic E-state index is 0.348. The maximum atomic E-state index is 13.9. The van der Waals surface area contributed by atoms with Gasteiger partial charge in [0.1, 0.15) is 5.82 Å². The van der Waals surface area contributed by atoms with Crippen molar-refractivity contribution in [1.29, 1.82) is 0 Å². The van der Waals surface area contributed by atoms with Crippen LogP contribution in [0.5, 0.6) is 0 Å². The summed E-state index contributed by atoms with van der Waals surface area (Å²) < 4.78 is 14.6. The molecule has 0 bridgehead atoms. The molecule has 20 heavy (non-hydrogen) atoms. The molecule has 0 atom stereocenters. The number of rotatable bonds is 2. The number of nitrogens with one attached hydrogen (secondary N) is 1. The lowest BCUT2D eigenvalue weighted by Gasteiger charge is -2.14. The summed E-state index contributed by atoms with van der Waals surface area (Å²) >= 11 is 3.33. The Morgan fingerprint density at radius 3 is 2.65 bits per heavy atom. The lowest BCUT2D eigenvalue weighted by molar-refractivity contribution is 0.631. The predicted octanol–water partition coefficient (Wildman–Crippen LogP) is 4.46. The second-order valence-corrected chi connectivity index (χ2v) is 5.18. The summed E-state index contributed by atoms with van der Waals surface area (Å²) in [6.45, 7) is 0. The Balaban J connectivity index is 2.18. The van der Waals surface area contributed by atoms with E-state index in [1.807, 2.05) is 24.3 Å². The molecule has 2 aromatic carbocycles. The van der Waals surface area contributed by atoms with Crippen LogP contribution < -0.4 is 11.1 Å². The summed E-state index contributed by atoms with van der Waals surface area (Å²) in [6.07, 6.45) is 1.57. The summed E-state index contributed by atoms with van der Waals surface area (Å²) in [5, 5.41) is 3.91. The van der Waals surface area contributed by atoms with E-state index in [0.29, 0.717) is 21.5 Å². The quantitative estimate of drug-likeness (QED) is 0.728. The van der Waals surface area contributed by atoms with E-state index < -0.39 is 0 Å². The van der Waals surface area contributed by atoms with Crippen LogP contribution in [0.2, 0.25) is 0 Å². The Labute approximate surface area is 123 Å². The molecule has 0 fully saturated rings. The lowest BCUT2D eigenvalue weighted by atomic mass is 10.1. The summed E-state index contributed by atoms with van der Waals surface area (Å²) in [4.78, 5) is 4.26. The number of hydrogen-bond donors (Lipinski definition) is 2. The molecule has 100 valence electrons. The monoisotopic (exact) mass is 331 g/mol. The Morgan fingerprint density at radius 2 is 1.85 bits per heavy atom. The third-order valence-corrected chi connectivity index (χ3v) is 3.68. The molecule has 0 aliphatic carbocycles. The van der Waals surface area contributed by atoms with Crippen molar-refractivity contribution in [2.45, 2.75) is 0 Å². The number of aromatic nitrogens is 1. The molecular weight excluding hydrogens is 321 g/mol. The average Bonchev–Trinajstić information content (AvgIpc) is 2.45. The van der Waals surface area contributed by atoms with Gasteiger partial charge in [-0.3, -0.25) is 4.98 Å². The molecule has 1 heterocycles. The van der Waals surface area contributed by atoms with Crippen LogP contribution in [0.15, 0.2) is 53.1 Å². The molecule has 0 saturated carbocycles. The first-order valence-electron chi connectivity index (χ1n) is 6.01. The first-order chi connectivity index (χ1) is 9.66. The molecule has 0 aliphatic rings. The van der Waals surface area contributed by atoms with Crippen LogP contribution in [0.1, 0.15) is 0 Å². The topological polar surface area (TPSA) is 50.9 Å². The normalized spacial score (nSPS) is 10.7. The van der Waals surface area contributed by atoms with Crippen LogP contribution in [0.4, 0.5) is 21.5 Å². The SMILES string of the molecule is Nc1cnc2ccccc2c1Nc1c(F)cccc1Br. The standard InChI is InChI=1S/C15H11BrFN3/c16-10-5-3-6-11(17)15(10)20-14-9-4-1-2-7-13(9)19-8-12(14)18/h1-8H,18H2,(H,19,20). The minimum atomic E-state index is -0.348.